The predicted octanol–water partition coefficient (Wildman–Crippen LogP) is 2.91. The van der Waals surface area contributed by atoms with Gasteiger partial charge in [0.2, 0.25) is 0 Å². The van der Waals surface area contributed by atoms with E-state index in [0.29, 0.717) is 24.4 Å². The molecule has 1 saturated carbocycles. The maximum absolute atomic E-state index is 12.1. The summed E-state index contributed by atoms with van der Waals surface area (Å²) >= 11 is 0. The molecule has 0 aromatic carbocycles. The SMILES string of the molecule is CCOC(=O)C1=C2C(=CC1=O)C(C)C(C)C(C)C2C. The molecular weight excluding hydrogens is 240 g/mol. The maximum atomic E-state index is 12.1. The third-order valence-electron chi connectivity index (χ3n) is 4.95. The van der Waals surface area contributed by atoms with E-state index in [-0.39, 0.29) is 17.3 Å². The van der Waals surface area contributed by atoms with Crippen molar-refractivity contribution in [2.75, 3.05) is 6.61 Å². The molecule has 2 rings (SSSR count). The van der Waals surface area contributed by atoms with E-state index in [1.807, 2.05) is 0 Å². The monoisotopic (exact) mass is 262 g/mol. The Balaban J connectivity index is 2.50. The van der Waals surface area contributed by atoms with Gasteiger partial charge >= 0.3 is 5.97 Å². The Morgan fingerprint density at radius 2 is 1.74 bits per heavy atom. The second-order valence-electron chi connectivity index (χ2n) is 5.77. The zero-order chi connectivity index (χ0) is 14.3. The van der Waals surface area contributed by atoms with Crippen LogP contribution in [0.15, 0.2) is 22.8 Å². The molecule has 0 aromatic heterocycles. The van der Waals surface area contributed by atoms with Crippen molar-refractivity contribution in [1.82, 2.24) is 0 Å². The van der Waals surface area contributed by atoms with E-state index >= 15 is 0 Å². The van der Waals surface area contributed by atoms with Crippen molar-refractivity contribution in [3.05, 3.63) is 22.8 Å². The van der Waals surface area contributed by atoms with Crippen LogP contribution in [0.1, 0.15) is 34.6 Å². The Hall–Kier alpha value is -1.38. The molecule has 1 fully saturated rings. The fraction of sp³-hybridized carbons (Fsp3) is 0.625. The quantitative estimate of drug-likeness (QED) is 0.567. The number of hydrogen-bond donors (Lipinski definition) is 0. The topological polar surface area (TPSA) is 43.4 Å². The van der Waals surface area contributed by atoms with Gasteiger partial charge in [-0.05, 0) is 47.8 Å². The Labute approximate surface area is 114 Å². The van der Waals surface area contributed by atoms with Crippen molar-refractivity contribution in [3.8, 4) is 0 Å². The van der Waals surface area contributed by atoms with Crippen LogP contribution in [0.25, 0.3) is 0 Å². The second kappa shape index (κ2) is 4.95. The Bertz CT molecular complexity index is 484. The highest BCUT2D eigenvalue weighted by atomic mass is 16.5. The molecule has 0 amide bonds. The average Bonchev–Trinajstić information content (AvgIpc) is 2.72. The summed E-state index contributed by atoms with van der Waals surface area (Å²) in [6.07, 6.45) is 1.64. The van der Waals surface area contributed by atoms with Crippen LogP contribution >= 0.6 is 0 Å². The summed E-state index contributed by atoms with van der Waals surface area (Å²) in [6.45, 7) is 10.7. The predicted molar refractivity (Wildman–Crippen MR) is 73.4 cm³/mol. The van der Waals surface area contributed by atoms with Crippen molar-refractivity contribution in [3.63, 3.8) is 0 Å². The lowest BCUT2D eigenvalue weighted by Gasteiger charge is -2.40. The van der Waals surface area contributed by atoms with Crippen LogP contribution in [0.2, 0.25) is 0 Å². The molecule has 0 spiro atoms. The number of rotatable bonds is 2. The number of hydrogen-bond acceptors (Lipinski definition) is 3. The highest BCUT2D eigenvalue weighted by Gasteiger charge is 2.43. The normalized spacial score (nSPS) is 34.2. The van der Waals surface area contributed by atoms with Crippen molar-refractivity contribution in [1.29, 1.82) is 0 Å². The summed E-state index contributed by atoms with van der Waals surface area (Å²) < 4.78 is 5.04. The van der Waals surface area contributed by atoms with E-state index in [1.54, 1.807) is 13.0 Å². The first kappa shape index (κ1) is 14.0. The zero-order valence-corrected chi connectivity index (χ0v) is 12.3. The first-order valence-corrected chi connectivity index (χ1v) is 7.07. The van der Waals surface area contributed by atoms with E-state index < -0.39 is 5.97 Å². The first-order chi connectivity index (χ1) is 8.90. The van der Waals surface area contributed by atoms with Gasteiger partial charge in [-0.15, -0.1) is 0 Å². The molecule has 0 N–H and O–H groups in total. The highest BCUT2D eigenvalue weighted by Crippen LogP contribution is 2.48. The molecule has 0 aliphatic heterocycles. The van der Waals surface area contributed by atoms with E-state index in [1.165, 1.54) is 0 Å². The van der Waals surface area contributed by atoms with E-state index in [4.69, 9.17) is 4.74 Å². The van der Waals surface area contributed by atoms with Crippen LogP contribution in [-0.4, -0.2) is 18.4 Å². The molecule has 19 heavy (non-hydrogen) atoms. The third kappa shape index (κ3) is 2.05. The molecular formula is C16H22O3. The molecule has 0 bridgehead atoms. The van der Waals surface area contributed by atoms with Gasteiger partial charge in [-0.3, -0.25) is 4.79 Å². The van der Waals surface area contributed by atoms with E-state index in [0.717, 1.165) is 11.1 Å². The molecule has 3 nitrogen and oxygen atoms in total. The van der Waals surface area contributed by atoms with Crippen LogP contribution in [0.3, 0.4) is 0 Å². The number of esters is 1. The van der Waals surface area contributed by atoms with Crippen molar-refractivity contribution in [2.45, 2.75) is 34.6 Å². The molecule has 0 radical (unpaired) electrons. The van der Waals surface area contributed by atoms with Gasteiger partial charge in [-0.2, -0.15) is 0 Å². The summed E-state index contributed by atoms with van der Waals surface area (Å²) in [4.78, 5) is 24.1. The van der Waals surface area contributed by atoms with Gasteiger partial charge < -0.3 is 4.74 Å². The first-order valence-electron chi connectivity index (χ1n) is 7.07. The average molecular weight is 262 g/mol. The Morgan fingerprint density at radius 1 is 1.16 bits per heavy atom. The van der Waals surface area contributed by atoms with Crippen LogP contribution in [0, 0.1) is 23.7 Å². The van der Waals surface area contributed by atoms with Crippen LogP contribution in [-0.2, 0) is 14.3 Å². The second-order valence-corrected chi connectivity index (χ2v) is 5.77. The fourth-order valence-electron chi connectivity index (χ4n) is 3.31. The van der Waals surface area contributed by atoms with Gasteiger partial charge in [0.05, 0.1) is 6.61 Å². The molecule has 0 saturated heterocycles. The van der Waals surface area contributed by atoms with E-state index in [9.17, 15) is 9.59 Å². The number of carbonyl (C=O) groups is 2. The maximum Gasteiger partial charge on any atom is 0.342 e. The molecule has 0 heterocycles. The molecule has 4 unspecified atom stereocenters. The fourth-order valence-corrected chi connectivity index (χ4v) is 3.31. The summed E-state index contributed by atoms with van der Waals surface area (Å²) in [5.74, 6) is 0.871. The van der Waals surface area contributed by atoms with Crippen molar-refractivity contribution in [2.24, 2.45) is 23.7 Å². The summed E-state index contributed by atoms with van der Waals surface area (Å²) in [5.41, 5.74) is 2.25. The lowest BCUT2D eigenvalue weighted by atomic mass is 9.64. The largest absolute Gasteiger partial charge is 0.462 e. The molecule has 0 aromatic rings. The van der Waals surface area contributed by atoms with E-state index in [2.05, 4.69) is 27.7 Å². The van der Waals surface area contributed by atoms with Crippen molar-refractivity contribution >= 4 is 11.8 Å². The molecule has 2 aliphatic carbocycles. The standard InChI is InChI=1S/C16H22O3/c1-6-19-16(18)15-13(17)7-12-10(4)8(2)9(3)11(5)14(12)15/h7-11H,6H2,1-5H3. The molecule has 104 valence electrons. The van der Waals surface area contributed by atoms with Crippen LogP contribution in [0.5, 0.6) is 0 Å². The number of allylic oxidation sites excluding steroid dienone is 3. The summed E-state index contributed by atoms with van der Waals surface area (Å²) in [5, 5.41) is 0. The number of fused-ring (bicyclic) bond motifs is 1. The number of ketones is 1. The third-order valence-corrected chi connectivity index (χ3v) is 4.95. The number of ether oxygens (including phenoxy) is 1. The molecule has 3 heteroatoms. The van der Waals surface area contributed by atoms with Crippen LogP contribution in [0.4, 0.5) is 0 Å². The lowest BCUT2D eigenvalue weighted by Crippen LogP contribution is -2.32. The Morgan fingerprint density at radius 3 is 2.32 bits per heavy atom. The minimum atomic E-state index is -0.463. The Kier molecular flexibility index (Phi) is 3.66. The highest BCUT2D eigenvalue weighted by molar-refractivity contribution is 6.25. The van der Waals surface area contributed by atoms with Crippen LogP contribution < -0.4 is 0 Å². The zero-order valence-electron chi connectivity index (χ0n) is 12.3. The minimum absolute atomic E-state index is 0.177. The molecule has 4 atom stereocenters. The van der Waals surface area contributed by atoms with Crippen molar-refractivity contribution < 1.29 is 14.3 Å². The van der Waals surface area contributed by atoms with Gasteiger partial charge in [-0.1, -0.05) is 27.7 Å². The smallest absolute Gasteiger partial charge is 0.342 e. The molecule has 2 aliphatic rings. The number of carbonyl (C=O) groups excluding carboxylic acids is 2. The van der Waals surface area contributed by atoms with Gasteiger partial charge in [-0.25, -0.2) is 4.79 Å². The minimum Gasteiger partial charge on any atom is -0.462 e. The van der Waals surface area contributed by atoms with Gasteiger partial charge in [0.1, 0.15) is 5.57 Å². The summed E-state index contributed by atoms with van der Waals surface area (Å²) in [7, 11) is 0. The lowest BCUT2D eigenvalue weighted by molar-refractivity contribution is -0.139. The van der Waals surface area contributed by atoms with Gasteiger partial charge in [0.15, 0.2) is 5.78 Å². The van der Waals surface area contributed by atoms with Gasteiger partial charge in [0.25, 0.3) is 0 Å². The summed E-state index contributed by atoms with van der Waals surface area (Å²) in [6, 6.07) is 0. The van der Waals surface area contributed by atoms with Gasteiger partial charge in [0, 0.05) is 0 Å².